The maximum Gasteiger partial charge on any atom is 0.250 e. The Morgan fingerprint density at radius 3 is 2.79 bits per heavy atom. The molecular weight excluding hydrogens is 244 g/mol. The van der Waals surface area contributed by atoms with Gasteiger partial charge in [-0.2, -0.15) is 0 Å². The van der Waals surface area contributed by atoms with Gasteiger partial charge in [-0.3, -0.25) is 4.79 Å². The first-order valence-electron chi connectivity index (χ1n) is 5.85. The summed E-state index contributed by atoms with van der Waals surface area (Å²) in [4.78, 5) is 15.3. The van der Waals surface area contributed by atoms with Crippen molar-refractivity contribution in [2.45, 2.75) is 19.9 Å². The highest BCUT2D eigenvalue weighted by Crippen LogP contribution is 2.21. The van der Waals surface area contributed by atoms with Crippen LogP contribution in [0.1, 0.15) is 34.8 Å². The molecule has 1 amide bonds. The number of aryl methyl sites for hydroxylation is 1. The molecule has 2 rings (SSSR count). The third-order valence-electron chi connectivity index (χ3n) is 2.75. The zero-order valence-electron chi connectivity index (χ0n) is 10.8. The van der Waals surface area contributed by atoms with E-state index in [9.17, 15) is 4.79 Å². The number of carbonyl (C=O) groups is 1. The Bertz CT molecular complexity index is 606. The lowest BCUT2D eigenvalue weighted by atomic mass is 10.2. The molecule has 0 aliphatic carbocycles. The predicted molar refractivity (Wildman–Crippen MR) is 72.7 cm³/mol. The Hall–Kier alpha value is -2.50. The van der Waals surface area contributed by atoms with Crippen molar-refractivity contribution < 1.29 is 9.21 Å². The number of hydrogen-bond acceptors (Lipinski definition) is 5. The van der Waals surface area contributed by atoms with Crippen molar-refractivity contribution in [3.05, 3.63) is 41.5 Å². The molecule has 0 saturated heterocycles. The molecule has 0 saturated carbocycles. The number of aromatic nitrogens is 1. The largest absolute Gasteiger partial charge is 0.464 e. The van der Waals surface area contributed by atoms with E-state index in [0.29, 0.717) is 5.82 Å². The van der Waals surface area contributed by atoms with Gasteiger partial charge in [-0.25, -0.2) is 4.98 Å². The van der Waals surface area contributed by atoms with Crippen molar-refractivity contribution in [1.29, 1.82) is 0 Å². The summed E-state index contributed by atoms with van der Waals surface area (Å²) in [5, 5.41) is 3.13. The number of rotatable bonds is 4. The van der Waals surface area contributed by atoms with Gasteiger partial charge in [0.15, 0.2) is 0 Å². The van der Waals surface area contributed by atoms with Crippen LogP contribution in [0.4, 0.5) is 11.5 Å². The Kier molecular flexibility index (Phi) is 3.41. The highest BCUT2D eigenvalue weighted by Gasteiger charge is 2.12. The van der Waals surface area contributed by atoms with Crippen LogP contribution in [0.3, 0.4) is 0 Å². The molecule has 6 nitrogen and oxygen atoms in total. The van der Waals surface area contributed by atoms with Gasteiger partial charge in [-0.1, -0.05) is 0 Å². The molecule has 1 atom stereocenters. The summed E-state index contributed by atoms with van der Waals surface area (Å²) < 4.78 is 5.51. The van der Waals surface area contributed by atoms with Crippen molar-refractivity contribution in [1.82, 2.24) is 4.98 Å². The minimum Gasteiger partial charge on any atom is -0.464 e. The first-order chi connectivity index (χ1) is 8.97. The van der Waals surface area contributed by atoms with Crippen LogP contribution in [-0.2, 0) is 0 Å². The van der Waals surface area contributed by atoms with Crippen LogP contribution >= 0.6 is 0 Å². The van der Waals surface area contributed by atoms with E-state index in [1.54, 1.807) is 0 Å². The summed E-state index contributed by atoms with van der Waals surface area (Å²) in [6.07, 6.45) is 1.41. The SMILES string of the molecule is Cc1ccc(C(C)Nc2cc(C(N)=O)c(N)cn2)o1. The van der Waals surface area contributed by atoms with Gasteiger partial charge in [0.1, 0.15) is 17.3 Å². The van der Waals surface area contributed by atoms with Crippen LogP contribution in [0.5, 0.6) is 0 Å². The Balaban J connectivity index is 2.19. The van der Waals surface area contributed by atoms with E-state index >= 15 is 0 Å². The van der Waals surface area contributed by atoms with Gasteiger partial charge in [0.25, 0.3) is 5.91 Å². The maximum absolute atomic E-state index is 11.2. The third-order valence-corrected chi connectivity index (χ3v) is 2.75. The van der Waals surface area contributed by atoms with Crippen LogP contribution in [-0.4, -0.2) is 10.9 Å². The standard InChI is InChI=1S/C13H16N4O2/c1-7-3-4-11(19-7)8(2)17-12-5-9(13(15)18)10(14)6-16-12/h3-6,8H,14H2,1-2H3,(H2,15,18)(H,16,17). The molecule has 100 valence electrons. The van der Waals surface area contributed by atoms with Crippen LogP contribution in [0, 0.1) is 6.92 Å². The summed E-state index contributed by atoms with van der Waals surface area (Å²) in [6.45, 7) is 3.81. The van der Waals surface area contributed by atoms with Gasteiger partial charge in [-0.05, 0) is 32.0 Å². The van der Waals surface area contributed by atoms with Crippen LogP contribution < -0.4 is 16.8 Å². The van der Waals surface area contributed by atoms with Gasteiger partial charge in [-0.15, -0.1) is 0 Å². The van der Waals surface area contributed by atoms with Crippen LogP contribution in [0.25, 0.3) is 0 Å². The summed E-state index contributed by atoms with van der Waals surface area (Å²) in [5.41, 5.74) is 11.4. The number of hydrogen-bond donors (Lipinski definition) is 3. The van der Waals surface area contributed by atoms with Gasteiger partial charge in [0.05, 0.1) is 23.5 Å². The normalized spacial score (nSPS) is 12.1. The lowest BCUT2D eigenvalue weighted by Crippen LogP contribution is -2.15. The lowest BCUT2D eigenvalue weighted by Gasteiger charge is -2.13. The van der Waals surface area contributed by atoms with Crippen LogP contribution in [0.2, 0.25) is 0 Å². The lowest BCUT2D eigenvalue weighted by molar-refractivity contribution is 0.100. The number of primary amides is 1. The summed E-state index contributed by atoms with van der Waals surface area (Å²) in [6, 6.07) is 5.23. The number of pyridine rings is 1. The molecule has 0 aromatic carbocycles. The molecule has 2 aromatic rings. The minimum atomic E-state index is -0.579. The summed E-state index contributed by atoms with van der Waals surface area (Å²) in [5.74, 6) is 1.57. The highest BCUT2D eigenvalue weighted by atomic mass is 16.3. The fourth-order valence-corrected chi connectivity index (χ4v) is 1.74. The number of anilines is 2. The van der Waals surface area contributed by atoms with Crippen molar-refractivity contribution in [3.63, 3.8) is 0 Å². The second-order valence-corrected chi connectivity index (χ2v) is 4.34. The Labute approximate surface area is 110 Å². The second-order valence-electron chi connectivity index (χ2n) is 4.34. The fourth-order valence-electron chi connectivity index (χ4n) is 1.74. The summed E-state index contributed by atoms with van der Waals surface area (Å²) in [7, 11) is 0. The number of nitrogens with zero attached hydrogens (tertiary/aromatic N) is 1. The van der Waals surface area contributed by atoms with E-state index < -0.39 is 5.91 Å². The van der Waals surface area contributed by atoms with Crippen molar-refractivity contribution in [3.8, 4) is 0 Å². The average molecular weight is 260 g/mol. The molecule has 0 spiro atoms. The Morgan fingerprint density at radius 2 is 2.21 bits per heavy atom. The molecule has 19 heavy (non-hydrogen) atoms. The first kappa shape index (κ1) is 12.9. The van der Waals surface area contributed by atoms with Gasteiger partial charge in [0.2, 0.25) is 0 Å². The molecule has 0 bridgehead atoms. The second kappa shape index (κ2) is 5.01. The molecule has 5 N–H and O–H groups in total. The monoisotopic (exact) mass is 260 g/mol. The minimum absolute atomic E-state index is 0.0782. The van der Waals surface area contributed by atoms with Crippen molar-refractivity contribution >= 4 is 17.4 Å². The molecule has 2 heterocycles. The molecule has 0 aliphatic rings. The van der Waals surface area contributed by atoms with E-state index in [4.69, 9.17) is 15.9 Å². The predicted octanol–water partition coefficient (Wildman–Crippen LogP) is 1.84. The topological polar surface area (TPSA) is 107 Å². The number of nitrogens with two attached hydrogens (primary N) is 2. The molecule has 6 heteroatoms. The zero-order chi connectivity index (χ0) is 14.0. The number of amides is 1. The van der Waals surface area contributed by atoms with Crippen molar-refractivity contribution in [2.75, 3.05) is 11.1 Å². The van der Waals surface area contributed by atoms with E-state index in [-0.39, 0.29) is 17.3 Å². The average Bonchev–Trinajstić information content (AvgIpc) is 2.78. The van der Waals surface area contributed by atoms with Gasteiger partial charge >= 0.3 is 0 Å². The molecule has 2 aromatic heterocycles. The zero-order valence-corrected chi connectivity index (χ0v) is 10.8. The quantitative estimate of drug-likeness (QED) is 0.777. The third kappa shape index (κ3) is 2.85. The highest BCUT2D eigenvalue weighted by molar-refractivity contribution is 5.98. The molecular formula is C13H16N4O2. The van der Waals surface area contributed by atoms with E-state index in [1.807, 2.05) is 26.0 Å². The van der Waals surface area contributed by atoms with E-state index in [1.165, 1.54) is 12.3 Å². The van der Waals surface area contributed by atoms with Gasteiger partial charge < -0.3 is 21.2 Å². The van der Waals surface area contributed by atoms with E-state index in [2.05, 4.69) is 10.3 Å². The molecule has 0 aliphatic heterocycles. The van der Waals surface area contributed by atoms with Crippen molar-refractivity contribution in [2.24, 2.45) is 5.73 Å². The number of furan rings is 1. The summed E-state index contributed by atoms with van der Waals surface area (Å²) >= 11 is 0. The number of nitrogen functional groups attached to an aromatic ring is 1. The molecule has 0 fully saturated rings. The van der Waals surface area contributed by atoms with Crippen LogP contribution in [0.15, 0.2) is 28.8 Å². The number of carbonyl (C=O) groups excluding carboxylic acids is 1. The molecule has 1 unspecified atom stereocenters. The number of nitrogens with one attached hydrogen (secondary N) is 1. The Morgan fingerprint density at radius 1 is 1.47 bits per heavy atom. The fraction of sp³-hybridized carbons (Fsp3) is 0.231. The van der Waals surface area contributed by atoms with E-state index in [0.717, 1.165) is 11.5 Å². The maximum atomic E-state index is 11.2. The smallest absolute Gasteiger partial charge is 0.250 e. The first-order valence-corrected chi connectivity index (χ1v) is 5.85. The van der Waals surface area contributed by atoms with Gasteiger partial charge in [0, 0.05) is 0 Å². The molecule has 0 radical (unpaired) electrons.